The van der Waals surface area contributed by atoms with E-state index in [9.17, 15) is 9.59 Å². The Bertz CT molecular complexity index is 1070. The lowest BCUT2D eigenvalue weighted by molar-refractivity contribution is 0.104. The van der Waals surface area contributed by atoms with E-state index in [1.165, 1.54) is 24.9 Å². The van der Waals surface area contributed by atoms with Crippen LogP contribution in [0.2, 0.25) is 0 Å². The molecule has 3 aromatic rings. The molecule has 0 bridgehead atoms. The number of anilines is 3. The first-order valence-electron chi connectivity index (χ1n) is 11.0. The zero-order valence-corrected chi connectivity index (χ0v) is 18.0. The van der Waals surface area contributed by atoms with Gasteiger partial charge in [-0.05, 0) is 79.4 Å². The van der Waals surface area contributed by atoms with Crippen molar-refractivity contribution in [2.24, 2.45) is 0 Å². The van der Waals surface area contributed by atoms with Gasteiger partial charge in [-0.1, -0.05) is 36.4 Å². The lowest BCUT2D eigenvalue weighted by Crippen LogP contribution is -2.29. The fourth-order valence-electron chi connectivity index (χ4n) is 3.75. The number of ketones is 1. The van der Waals surface area contributed by atoms with E-state index in [-0.39, 0.29) is 11.8 Å². The van der Waals surface area contributed by atoms with E-state index in [4.69, 9.17) is 0 Å². The number of carbonyl (C=O) groups is 2. The van der Waals surface area contributed by atoms with E-state index in [2.05, 4.69) is 27.7 Å². The average Bonchev–Trinajstić information content (AvgIpc) is 2.84. The number of para-hydroxylation sites is 1. The van der Waals surface area contributed by atoms with Crippen molar-refractivity contribution in [1.29, 1.82) is 0 Å². The Balaban J connectivity index is 1.31. The van der Waals surface area contributed by atoms with Crippen LogP contribution in [-0.2, 0) is 0 Å². The first-order valence-corrected chi connectivity index (χ1v) is 11.0. The van der Waals surface area contributed by atoms with Crippen LogP contribution in [-0.4, -0.2) is 24.9 Å². The molecule has 1 aliphatic heterocycles. The number of amides is 2. The predicted molar refractivity (Wildman–Crippen MR) is 131 cm³/mol. The first kappa shape index (κ1) is 21.4. The van der Waals surface area contributed by atoms with Crippen molar-refractivity contribution >= 4 is 35.0 Å². The minimum absolute atomic E-state index is 0.0783. The molecule has 0 aromatic heterocycles. The lowest BCUT2D eigenvalue weighted by atomic mass is 10.1. The summed E-state index contributed by atoms with van der Waals surface area (Å²) in [5.74, 6) is -0.0783. The monoisotopic (exact) mass is 425 g/mol. The number of rotatable bonds is 6. The Morgan fingerprint density at radius 2 is 1.34 bits per heavy atom. The summed E-state index contributed by atoms with van der Waals surface area (Å²) in [5, 5.41) is 5.52. The molecular formula is C27H27N3O2. The van der Waals surface area contributed by atoms with Gasteiger partial charge in [0.25, 0.3) is 0 Å². The fraction of sp³-hybridized carbons (Fsp3) is 0.185. The number of hydrogen-bond acceptors (Lipinski definition) is 3. The highest BCUT2D eigenvalue weighted by molar-refractivity contribution is 6.07. The summed E-state index contributed by atoms with van der Waals surface area (Å²) in [6, 6.07) is 24.1. The molecular weight excluding hydrogens is 398 g/mol. The number of benzene rings is 3. The summed E-state index contributed by atoms with van der Waals surface area (Å²) < 4.78 is 0. The highest BCUT2D eigenvalue weighted by Gasteiger charge is 2.10. The van der Waals surface area contributed by atoms with Gasteiger partial charge in [0.2, 0.25) is 0 Å². The van der Waals surface area contributed by atoms with Crippen LogP contribution in [0.4, 0.5) is 21.9 Å². The van der Waals surface area contributed by atoms with Gasteiger partial charge in [0.1, 0.15) is 0 Å². The SMILES string of the molecule is O=C(Nc1ccccc1)Nc1ccc(C(=O)/C=C/c2ccc(N3CCCCC3)cc2)cc1. The minimum atomic E-state index is -0.330. The maximum atomic E-state index is 12.5. The highest BCUT2D eigenvalue weighted by atomic mass is 16.2. The van der Waals surface area contributed by atoms with Crippen molar-refractivity contribution in [3.8, 4) is 0 Å². The zero-order chi connectivity index (χ0) is 22.2. The van der Waals surface area contributed by atoms with Crippen molar-refractivity contribution < 1.29 is 9.59 Å². The molecule has 0 aliphatic carbocycles. The highest BCUT2D eigenvalue weighted by Crippen LogP contribution is 2.21. The Labute approximate surface area is 188 Å². The van der Waals surface area contributed by atoms with E-state index >= 15 is 0 Å². The van der Waals surface area contributed by atoms with Gasteiger partial charge in [-0.2, -0.15) is 0 Å². The molecule has 0 atom stereocenters. The molecule has 0 unspecified atom stereocenters. The predicted octanol–water partition coefficient (Wildman–Crippen LogP) is 6.22. The molecule has 1 fully saturated rings. The summed E-state index contributed by atoms with van der Waals surface area (Å²) >= 11 is 0. The van der Waals surface area contributed by atoms with E-state index < -0.39 is 0 Å². The maximum absolute atomic E-state index is 12.5. The van der Waals surface area contributed by atoms with Crippen LogP contribution in [0.1, 0.15) is 35.2 Å². The van der Waals surface area contributed by atoms with Crippen molar-refractivity contribution in [2.75, 3.05) is 28.6 Å². The van der Waals surface area contributed by atoms with Crippen LogP contribution in [0.5, 0.6) is 0 Å². The standard InChI is InChI=1S/C27H27N3O2/c31-26(18-11-21-9-16-25(17-10-21)30-19-5-2-6-20-30)22-12-14-24(15-13-22)29-27(32)28-23-7-3-1-4-8-23/h1,3-4,7-18H,2,5-6,19-20H2,(H2,28,29,32)/b18-11+. The number of nitrogens with zero attached hydrogens (tertiary/aromatic N) is 1. The zero-order valence-electron chi connectivity index (χ0n) is 18.0. The molecule has 5 nitrogen and oxygen atoms in total. The van der Waals surface area contributed by atoms with Crippen molar-refractivity contribution in [2.45, 2.75) is 19.3 Å². The van der Waals surface area contributed by atoms with Crippen molar-refractivity contribution in [3.63, 3.8) is 0 Å². The van der Waals surface area contributed by atoms with Crippen molar-refractivity contribution in [1.82, 2.24) is 0 Å². The largest absolute Gasteiger partial charge is 0.372 e. The second-order valence-electron chi connectivity index (χ2n) is 7.86. The lowest BCUT2D eigenvalue weighted by Gasteiger charge is -2.28. The van der Waals surface area contributed by atoms with Gasteiger partial charge in [0.05, 0.1) is 0 Å². The quantitative estimate of drug-likeness (QED) is 0.364. The summed E-state index contributed by atoms with van der Waals surface area (Å²) in [7, 11) is 0. The number of carbonyl (C=O) groups excluding carboxylic acids is 2. The van der Waals surface area contributed by atoms with Gasteiger partial charge < -0.3 is 15.5 Å². The van der Waals surface area contributed by atoms with Crippen LogP contribution in [0.3, 0.4) is 0 Å². The van der Waals surface area contributed by atoms with E-state index in [1.54, 1.807) is 30.3 Å². The molecule has 0 spiro atoms. The van der Waals surface area contributed by atoms with Crippen LogP contribution >= 0.6 is 0 Å². The van der Waals surface area contributed by atoms with E-state index in [1.807, 2.05) is 48.5 Å². The Morgan fingerprint density at radius 1 is 0.719 bits per heavy atom. The van der Waals surface area contributed by atoms with Gasteiger partial charge >= 0.3 is 6.03 Å². The average molecular weight is 426 g/mol. The summed E-state index contributed by atoms with van der Waals surface area (Å²) in [6.07, 6.45) is 7.24. The van der Waals surface area contributed by atoms with Crippen molar-refractivity contribution in [3.05, 3.63) is 96.1 Å². The molecule has 162 valence electrons. The third-order valence-electron chi connectivity index (χ3n) is 5.50. The van der Waals surface area contributed by atoms with Crippen LogP contribution in [0.15, 0.2) is 84.9 Å². The number of allylic oxidation sites excluding steroid dienone is 1. The number of hydrogen-bond donors (Lipinski definition) is 2. The molecule has 3 aromatic carbocycles. The topological polar surface area (TPSA) is 61.4 Å². The molecule has 4 rings (SSSR count). The molecule has 1 saturated heterocycles. The number of nitrogens with one attached hydrogen (secondary N) is 2. The maximum Gasteiger partial charge on any atom is 0.323 e. The fourth-order valence-corrected chi connectivity index (χ4v) is 3.75. The van der Waals surface area contributed by atoms with E-state index in [0.717, 1.165) is 18.7 Å². The number of piperidine rings is 1. The van der Waals surface area contributed by atoms with Crippen LogP contribution in [0, 0.1) is 0 Å². The Kier molecular flexibility index (Phi) is 6.98. The first-order chi connectivity index (χ1) is 15.7. The normalized spacial score (nSPS) is 13.7. The molecule has 5 heteroatoms. The molecule has 1 aliphatic rings. The summed E-state index contributed by atoms with van der Waals surface area (Å²) in [4.78, 5) is 27.0. The van der Waals surface area contributed by atoms with Gasteiger partial charge in [0.15, 0.2) is 5.78 Å². The van der Waals surface area contributed by atoms with Gasteiger partial charge in [-0.25, -0.2) is 4.79 Å². The second-order valence-corrected chi connectivity index (χ2v) is 7.86. The third kappa shape index (κ3) is 5.85. The van der Waals surface area contributed by atoms with Gasteiger partial charge in [0, 0.05) is 35.7 Å². The molecule has 1 heterocycles. The van der Waals surface area contributed by atoms with Gasteiger partial charge in [-0.3, -0.25) is 4.79 Å². The molecule has 2 N–H and O–H groups in total. The van der Waals surface area contributed by atoms with E-state index in [0.29, 0.717) is 16.9 Å². The Hall–Kier alpha value is -3.86. The second kappa shape index (κ2) is 10.4. The molecule has 0 saturated carbocycles. The summed E-state index contributed by atoms with van der Waals surface area (Å²) in [6.45, 7) is 2.23. The summed E-state index contributed by atoms with van der Waals surface area (Å²) in [5.41, 5.74) is 4.14. The van der Waals surface area contributed by atoms with Crippen LogP contribution < -0.4 is 15.5 Å². The molecule has 2 amide bonds. The minimum Gasteiger partial charge on any atom is -0.372 e. The molecule has 0 radical (unpaired) electrons. The number of urea groups is 1. The van der Waals surface area contributed by atoms with Crippen LogP contribution in [0.25, 0.3) is 6.08 Å². The molecule has 32 heavy (non-hydrogen) atoms. The third-order valence-corrected chi connectivity index (χ3v) is 5.50. The smallest absolute Gasteiger partial charge is 0.323 e. The van der Waals surface area contributed by atoms with Gasteiger partial charge in [-0.15, -0.1) is 0 Å². The Morgan fingerprint density at radius 3 is 2.00 bits per heavy atom.